The molecule has 0 aromatic heterocycles. The summed E-state index contributed by atoms with van der Waals surface area (Å²) in [6.45, 7) is 4.15. The lowest BCUT2D eigenvalue weighted by Crippen LogP contribution is -2.49. The summed E-state index contributed by atoms with van der Waals surface area (Å²) in [6, 6.07) is 22.9. The van der Waals surface area contributed by atoms with Gasteiger partial charge in [0, 0.05) is 11.3 Å². The second-order valence-electron chi connectivity index (χ2n) is 9.00. The van der Waals surface area contributed by atoms with Crippen LogP contribution in [0.3, 0.4) is 0 Å². The Morgan fingerprint density at radius 1 is 1.03 bits per heavy atom. The second kappa shape index (κ2) is 10.3. The number of anilines is 1. The Labute approximate surface area is 200 Å². The van der Waals surface area contributed by atoms with Crippen molar-refractivity contribution >= 4 is 11.6 Å². The zero-order valence-electron chi connectivity index (χ0n) is 19.8. The van der Waals surface area contributed by atoms with E-state index in [0.717, 1.165) is 23.3 Å². The molecular formula is C28H31NO5. The average molecular weight is 462 g/mol. The van der Waals surface area contributed by atoms with Gasteiger partial charge in [0.25, 0.3) is 0 Å². The number of ether oxygens (including phenoxy) is 3. The van der Waals surface area contributed by atoms with E-state index in [1.165, 1.54) is 5.56 Å². The maximum Gasteiger partial charge on any atom is 0.228 e. The zero-order chi connectivity index (χ0) is 24.1. The first kappa shape index (κ1) is 23.8. The van der Waals surface area contributed by atoms with Crippen LogP contribution < -0.4 is 14.8 Å². The lowest BCUT2D eigenvalue weighted by atomic mass is 9.88. The van der Waals surface area contributed by atoms with Crippen LogP contribution in [-0.4, -0.2) is 36.4 Å². The normalized spacial score (nSPS) is 18.5. The number of hydrogen-bond donors (Lipinski definition) is 2. The van der Waals surface area contributed by atoms with Crippen LogP contribution >= 0.6 is 0 Å². The van der Waals surface area contributed by atoms with Crippen molar-refractivity contribution in [3.05, 3.63) is 89.5 Å². The third kappa shape index (κ3) is 5.58. The van der Waals surface area contributed by atoms with E-state index in [1.54, 1.807) is 13.2 Å². The summed E-state index contributed by atoms with van der Waals surface area (Å²) in [6.07, 6.45) is -0.453. The number of aliphatic hydroxyl groups excluding tert-OH is 1. The molecule has 1 aliphatic heterocycles. The number of rotatable bonds is 8. The predicted octanol–water partition coefficient (Wildman–Crippen LogP) is 4.71. The summed E-state index contributed by atoms with van der Waals surface area (Å²) in [4.78, 5) is 12.6. The molecule has 6 nitrogen and oxygen atoms in total. The summed E-state index contributed by atoms with van der Waals surface area (Å²) < 4.78 is 17.4. The maximum atomic E-state index is 12.6. The number of hydrogen-bond acceptors (Lipinski definition) is 5. The standard InChI is InChI=1S/C28H31NO5/c1-28(2)27(31)26(33-16-15-19-7-5-4-6-8-19)23-18-21(11-14-24(23)34-28)29-25(30)17-20-9-12-22(32-3)13-10-20/h4-14,18,26-27,31H,15-17H2,1-3H3,(H,29,30)/t26-,27+/m1/s1. The van der Waals surface area contributed by atoms with E-state index in [-0.39, 0.29) is 12.3 Å². The van der Waals surface area contributed by atoms with Crippen molar-refractivity contribution in [1.82, 2.24) is 0 Å². The van der Waals surface area contributed by atoms with Crippen LogP contribution in [0.5, 0.6) is 11.5 Å². The van der Waals surface area contributed by atoms with Crippen LogP contribution in [0.2, 0.25) is 0 Å². The number of carbonyl (C=O) groups excluding carboxylic acids is 1. The van der Waals surface area contributed by atoms with Crippen LogP contribution in [0.4, 0.5) is 5.69 Å². The largest absolute Gasteiger partial charge is 0.497 e. The molecule has 178 valence electrons. The molecule has 1 aliphatic rings. The number of methoxy groups -OCH3 is 1. The summed E-state index contributed by atoms with van der Waals surface area (Å²) in [5.41, 5.74) is 2.61. The first-order chi connectivity index (χ1) is 16.4. The molecule has 3 aromatic rings. The Morgan fingerprint density at radius 3 is 2.47 bits per heavy atom. The topological polar surface area (TPSA) is 77.0 Å². The fourth-order valence-corrected chi connectivity index (χ4v) is 4.08. The van der Waals surface area contributed by atoms with Gasteiger partial charge in [-0.1, -0.05) is 42.5 Å². The minimum absolute atomic E-state index is 0.135. The van der Waals surface area contributed by atoms with Crippen molar-refractivity contribution in [2.75, 3.05) is 19.0 Å². The first-order valence-electron chi connectivity index (χ1n) is 11.4. The monoisotopic (exact) mass is 461 g/mol. The number of aliphatic hydroxyl groups is 1. The van der Waals surface area contributed by atoms with E-state index in [4.69, 9.17) is 14.2 Å². The fraction of sp³-hybridized carbons (Fsp3) is 0.321. The third-order valence-corrected chi connectivity index (χ3v) is 6.03. The number of benzene rings is 3. The van der Waals surface area contributed by atoms with Crippen molar-refractivity contribution in [2.45, 2.75) is 44.5 Å². The number of nitrogens with one attached hydrogen (secondary N) is 1. The highest BCUT2D eigenvalue weighted by Gasteiger charge is 2.43. The van der Waals surface area contributed by atoms with Gasteiger partial charge < -0.3 is 24.6 Å². The van der Waals surface area contributed by atoms with Crippen molar-refractivity contribution in [3.8, 4) is 11.5 Å². The van der Waals surface area contributed by atoms with Gasteiger partial charge in [0.15, 0.2) is 0 Å². The van der Waals surface area contributed by atoms with E-state index in [9.17, 15) is 9.90 Å². The molecule has 3 aromatic carbocycles. The highest BCUT2D eigenvalue weighted by molar-refractivity contribution is 5.92. The minimum atomic E-state index is -0.860. The second-order valence-corrected chi connectivity index (χ2v) is 9.00. The lowest BCUT2D eigenvalue weighted by Gasteiger charge is -2.42. The molecule has 0 fully saturated rings. The van der Waals surface area contributed by atoms with E-state index >= 15 is 0 Å². The van der Waals surface area contributed by atoms with Crippen LogP contribution in [0.1, 0.15) is 36.6 Å². The molecule has 0 spiro atoms. The molecule has 0 saturated heterocycles. The fourth-order valence-electron chi connectivity index (χ4n) is 4.08. The first-order valence-corrected chi connectivity index (χ1v) is 11.4. The molecule has 0 saturated carbocycles. The van der Waals surface area contributed by atoms with Crippen LogP contribution in [-0.2, 0) is 22.4 Å². The van der Waals surface area contributed by atoms with Crippen molar-refractivity contribution in [3.63, 3.8) is 0 Å². The molecule has 4 rings (SSSR count). The highest BCUT2D eigenvalue weighted by Crippen LogP contribution is 2.43. The molecule has 0 radical (unpaired) electrons. The molecule has 34 heavy (non-hydrogen) atoms. The van der Waals surface area contributed by atoms with Gasteiger partial charge >= 0.3 is 0 Å². The smallest absolute Gasteiger partial charge is 0.228 e. The Bertz CT molecular complexity index is 1110. The Balaban J connectivity index is 1.47. The molecule has 0 aliphatic carbocycles. The van der Waals surface area contributed by atoms with E-state index in [0.29, 0.717) is 18.0 Å². The van der Waals surface area contributed by atoms with Gasteiger partial charge in [-0.3, -0.25) is 4.79 Å². The summed E-state index contributed by atoms with van der Waals surface area (Å²) in [7, 11) is 1.61. The summed E-state index contributed by atoms with van der Waals surface area (Å²) in [5, 5.41) is 13.9. The van der Waals surface area contributed by atoms with Gasteiger partial charge in [-0.05, 0) is 61.7 Å². The molecule has 1 amide bonds. The summed E-state index contributed by atoms with van der Waals surface area (Å²) >= 11 is 0. The van der Waals surface area contributed by atoms with Crippen molar-refractivity contribution < 1.29 is 24.1 Å². The molecule has 0 unspecified atom stereocenters. The highest BCUT2D eigenvalue weighted by atomic mass is 16.5. The molecule has 0 bridgehead atoms. The molecule has 2 N–H and O–H groups in total. The Hall–Kier alpha value is -3.35. The lowest BCUT2D eigenvalue weighted by molar-refractivity contribution is -0.134. The minimum Gasteiger partial charge on any atom is -0.497 e. The van der Waals surface area contributed by atoms with Gasteiger partial charge in [-0.2, -0.15) is 0 Å². The Morgan fingerprint density at radius 2 is 1.76 bits per heavy atom. The van der Waals surface area contributed by atoms with Gasteiger partial charge in [0.1, 0.15) is 29.3 Å². The zero-order valence-corrected chi connectivity index (χ0v) is 19.8. The van der Waals surface area contributed by atoms with E-state index < -0.39 is 17.8 Å². The van der Waals surface area contributed by atoms with Crippen LogP contribution in [0.15, 0.2) is 72.8 Å². The maximum absolute atomic E-state index is 12.6. The van der Waals surface area contributed by atoms with Crippen molar-refractivity contribution in [2.24, 2.45) is 0 Å². The number of fused-ring (bicyclic) bond motifs is 1. The molecule has 2 atom stereocenters. The van der Waals surface area contributed by atoms with Crippen LogP contribution in [0, 0.1) is 0 Å². The molecule has 6 heteroatoms. The van der Waals surface area contributed by atoms with Gasteiger partial charge in [0.05, 0.1) is 20.1 Å². The van der Waals surface area contributed by atoms with Crippen LogP contribution in [0.25, 0.3) is 0 Å². The van der Waals surface area contributed by atoms with Crippen molar-refractivity contribution in [1.29, 1.82) is 0 Å². The Kier molecular flexibility index (Phi) is 7.20. The quantitative estimate of drug-likeness (QED) is 0.508. The van der Waals surface area contributed by atoms with Gasteiger partial charge in [0.2, 0.25) is 5.91 Å². The van der Waals surface area contributed by atoms with Gasteiger partial charge in [-0.15, -0.1) is 0 Å². The molecule has 1 heterocycles. The van der Waals surface area contributed by atoms with E-state index in [2.05, 4.69) is 17.4 Å². The average Bonchev–Trinajstić information content (AvgIpc) is 2.83. The molecular weight excluding hydrogens is 430 g/mol. The SMILES string of the molecule is COc1ccc(CC(=O)Nc2ccc3c(c2)[C@@H](OCCc2ccccc2)[C@H](O)C(C)(C)O3)cc1. The summed E-state index contributed by atoms with van der Waals surface area (Å²) in [5.74, 6) is 1.26. The number of amides is 1. The third-order valence-electron chi connectivity index (χ3n) is 6.03. The van der Waals surface area contributed by atoms with Gasteiger partial charge in [-0.25, -0.2) is 0 Å². The van der Waals surface area contributed by atoms with E-state index in [1.807, 2.05) is 68.4 Å². The predicted molar refractivity (Wildman–Crippen MR) is 131 cm³/mol. The number of carbonyl (C=O) groups is 1.